The molecule has 0 atom stereocenters. The van der Waals surface area contributed by atoms with E-state index in [9.17, 15) is 4.79 Å². The van der Waals surface area contributed by atoms with Crippen molar-refractivity contribution in [2.24, 2.45) is 0 Å². The second-order valence-electron chi connectivity index (χ2n) is 3.92. The van der Waals surface area contributed by atoms with Crippen molar-refractivity contribution in [3.8, 4) is 5.82 Å². The minimum Gasteiger partial charge on any atom is -0.397 e. The number of anilines is 1. The Morgan fingerprint density at radius 1 is 1.50 bits per heavy atom. The summed E-state index contributed by atoms with van der Waals surface area (Å²) in [5, 5.41) is 4.18. The molecule has 0 aliphatic rings. The van der Waals surface area contributed by atoms with Gasteiger partial charge in [0.1, 0.15) is 0 Å². The van der Waals surface area contributed by atoms with Crippen LogP contribution in [0.4, 0.5) is 5.69 Å². The Kier molecular flexibility index (Phi) is 3.33. The highest BCUT2D eigenvalue weighted by atomic mass is 79.9. The predicted molar refractivity (Wildman–Crippen MR) is 71.5 cm³/mol. The summed E-state index contributed by atoms with van der Waals surface area (Å²) in [5.41, 5.74) is 6.54. The molecule has 6 nitrogen and oxygen atoms in total. The number of hydrogen-bond donors (Lipinski definition) is 1. The summed E-state index contributed by atoms with van der Waals surface area (Å²) in [4.78, 5) is 17.4. The average molecular weight is 310 g/mol. The van der Waals surface area contributed by atoms with Crippen molar-refractivity contribution >= 4 is 27.5 Å². The van der Waals surface area contributed by atoms with Gasteiger partial charge in [0.05, 0.1) is 16.4 Å². The number of hydrogen-bond acceptors (Lipinski definition) is 4. The highest BCUT2D eigenvalue weighted by Crippen LogP contribution is 2.20. The van der Waals surface area contributed by atoms with E-state index in [1.54, 1.807) is 32.4 Å². The van der Waals surface area contributed by atoms with Crippen LogP contribution in [0, 0.1) is 0 Å². The Balaban J connectivity index is 2.38. The molecule has 0 aliphatic heterocycles. The highest BCUT2D eigenvalue weighted by molar-refractivity contribution is 9.10. The van der Waals surface area contributed by atoms with E-state index in [-0.39, 0.29) is 5.91 Å². The molecule has 7 heteroatoms. The van der Waals surface area contributed by atoms with Crippen LogP contribution >= 0.6 is 15.9 Å². The molecule has 2 aromatic heterocycles. The zero-order chi connectivity index (χ0) is 13.3. The number of pyridine rings is 1. The molecule has 0 saturated carbocycles. The molecule has 2 rings (SSSR count). The second kappa shape index (κ2) is 4.77. The third-order valence-electron chi connectivity index (χ3n) is 2.27. The monoisotopic (exact) mass is 309 g/mol. The summed E-state index contributed by atoms with van der Waals surface area (Å²) in [6.07, 6.45) is 3.22. The number of aromatic nitrogens is 3. The molecule has 2 heterocycles. The number of nitrogens with zero attached hydrogens (tertiary/aromatic N) is 4. The van der Waals surface area contributed by atoms with Gasteiger partial charge < -0.3 is 10.6 Å². The van der Waals surface area contributed by atoms with E-state index in [0.29, 0.717) is 17.2 Å². The van der Waals surface area contributed by atoms with Gasteiger partial charge in [-0.2, -0.15) is 5.10 Å². The topological polar surface area (TPSA) is 77.0 Å². The maximum Gasteiger partial charge on any atom is 0.273 e. The highest BCUT2D eigenvalue weighted by Gasteiger charge is 2.13. The van der Waals surface area contributed by atoms with Crippen LogP contribution in [-0.2, 0) is 0 Å². The molecule has 94 valence electrons. The number of carbonyl (C=O) groups excluding carboxylic acids is 1. The number of halogens is 1. The third kappa shape index (κ3) is 2.35. The molecule has 2 aromatic rings. The van der Waals surface area contributed by atoms with E-state index >= 15 is 0 Å². The van der Waals surface area contributed by atoms with E-state index in [1.165, 1.54) is 15.8 Å². The summed E-state index contributed by atoms with van der Waals surface area (Å²) in [7, 11) is 3.36. The fraction of sp³-hybridized carbons (Fsp3) is 0.182. The van der Waals surface area contributed by atoms with Gasteiger partial charge in [-0.15, -0.1) is 0 Å². The normalized spacial score (nSPS) is 10.4. The quantitative estimate of drug-likeness (QED) is 0.907. The van der Waals surface area contributed by atoms with Crippen LogP contribution in [0.25, 0.3) is 5.82 Å². The number of amides is 1. The standard InChI is InChI=1S/C11H12BrN5O/c1-16(2)11(18)9-3-4-17(15-9)10-8(12)5-7(13)6-14-10/h3-6H,13H2,1-2H3. The molecule has 0 aliphatic carbocycles. The lowest BCUT2D eigenvalue weighted by molar-refractivity contribution is 0.0821. The fourth-order valence-corrected chi connectivity index (χ4v) is 1.95. The SMILES string of the molecule is CN(C)C(=O)c1ccn(-c2ncc(N)cc2Br)n1. The molecule has 0 radical (unpaired) electrons. The van der Waals surface area contributed by atoms with Crippen LogP contribution in [0.1, 0.15) is 10.5 Å². The molecular weight excluding hydrogens is 298 g/mol. The van der Waals surface area contributed by atoms with Gasteiger partial charge >= 0.3 is 0 Å². The maximum atomic E-state index is 11.7. The number of rotatable bonds is 2. The smallest absolute Gasteiger partial charge is 0.273 e. The lowest BCUT2D eigenvalue weighted by Gasteiger charge is -2.07. The minimum atomic E-state index is -0.152. The van der Waals surface area contributed by atoms with Crippen LogP contribution < -0.4 is 5.73 Å². The van der Waals surface area contributed by atoms with Crippen LogP contribution in [0.2, 0.25) is 0 Å². The van der Waals surface area contributed by atoms with Gasteiger partial charge in [0.25, 0.3) is 5.91 Å². The van der Waals surface area contributed by atoms with E-state index < -0.39 is 0 Å². The molecule has 0 fully saturated rings. The molecule has 0 spiro atoms. The first-order valence-electron chi connectivity index (χ1n) is 5.18. The molecule has 0 unspecified atom stereocenters. The molecule has 2 N–H and O–H groups in total. The third-order valence-corrected chi connectivity index (χ3v) is 2.86. The van der Waals surface area contributed by atoms with Crippen molar-refractivity contribution in [1.82, 2.24) is 19.7 Å². The Morgan fingerprint density at radius 2 is 2.22 bits per heavy atom. The van der Waals surface area contributed by atoms with E-state index in [4.69, 9.17) is 5.73 Å². The first-order valence-corrected chi connectivity index (χ1v) is 5.97. The Hall–Kier alpha value is -1.89. The molecule has 1 amide bonds. The summed E-state index contributed by atoms with van der Waals surface area (Å²) in [6, 6.07) is 3.38. The minimum absolute atomic E-state index is 0.152. The van der Waals surface area contributed by atoms with Crippen LogP contribution in [0.15, 0.2) is 29.0 Å². The lowest BCUT2D eigenvalue weighted by Crippen LogP contribution is -2.22. The Bertz CT molecular complexity index is 593. The van der Waals surface area contributed by atoms with Crippen LogP contribution in [-0.4, -0.2) is 39.7 Å². The average Bonchev–Trinajstić information content (AvgIpc) is 2.77. The van der Waals surface area contributed by atoms with Crippen molar-refractivity contribution in [2.75, 3.05) is 19.8 Å². The summed E-state index contributed by atoms with van der Waals surface area (Å²) in [6.45, 7) is 0. The number of nitrogens with two attached hydrogens (primary N) is 1. The van der Waals surface area contributed by atoms with Crippen LogP contribution in [0.5, 0.6) is 0 Å². The molecule has 0 bridgehead atoms. The fourth-order valence-electron chi connectivity index (χ4n) is 1.40. The summed E-state index contributed by atoms with van der Waals surface area (Å²) >= 11 is 3.36. The zero-order valence-electron chi connectivity index (χ0n) is 9.96. The van der Waals surface area contributed by atoms with Gasteiger partial charge in [0, 0.05) is 20.3 Å². The molecular formula is C11H12BrN5O. The predicted octanol–water partition coefficient (Wildman–Crippen LogP) is 1.31. The van der Waals surface area contributed by atoms with E-state index in [0.717, 1.165) is 4.47 Å². The van der Waals surface area contributed by atoms with Crippen molar-refractivity contribution in [2.45, 2.75) is 0 Å². The van der Waals surface area contributed by atoms with Gasteiger partial charge in [-0.1, -0.05) is 0 Å². The summed E-state index contributed by atoms with van der Waals surface area (Å²) < 4.78 is 2.25. The van der Waals surface area contributed by atoms with Crippen molar-refractivity contribution in [1.29, 1.82) is 0 Å². The Morgan fingerprint density at radius 3 is 2.83 bits per heavy atom. The first-order chi connectivity index (χ1) is 8.49. The molecule has 0 aromatic carbocycles. The first kappa shape index (κ1) is 12.6. The maximum absolute atomic E-state index is 11.7. The zero-order valence-corrected chi connectivity index (χ0v) is 11.5. The van der Waals surface area contributed by atoms with Crippen molar-refractivity contribution < 1.29 is 4.79 Å². The second-order valence-corrected chi connectivity index (χ2v) is 4.77. The Labute approximate surface area is 113 Å². The van der Waals surface area contributed by atoms with E-state index in [2.05, 4.69) is 26.0 Å². The molecule has 18 heavy (non-hydrogen) atoms. The molecule has 0 saturated heterocycles. The number of nitrogen functional groups attached to an aromatic ring is 1. The van der Waals surface area contributed by atoms with Crippen molar-refractivity contribution in [3.63, 3.8) is 0 Å². The van der Waals surface area contributed by atoms with Crippen LogP contribution in [0.3, 0.4) is 0 Å². The van der Waals surface area contributed by atoms with Gasteiger partial charge in [0.15, 0.2) is 11.5 Å². The van der Waals surface area contributed by atoms with E-state index in [1.807, 2.05) is 0 Å². The lowest BCUT2D eigenvalue weighted by atomic mass is 10.4. The largest absolute Gasteiger partial charge is 0.397 e. The number of carbonyl (C=O) groups is 1. The van der Waals surface area contributed by atoms with Crippen molar-refractivity contribution in [3.05, 3.63) is 34.7 Å². The van der Waals surface area contributed by atoms with Gasteiger partial charge in [0.2, 0.25) is 0 Å². The van der Waals surface area contributed by atoms with Gasteiger partial charge in [-0.25, -0.2) is 9.67 Å². The van der Waals surface area contributed by atoms with Gasteiger partial charge in [-0.3, -0.25) is 4.79 Å². The summed E-state index contributed by atoms with van der Waals surface area (Å²) in [5.74, 6) is 0.433. The van der Waals surface area contributed by atoms with Gasteiger partial charge in [-0.05, 0) is 28.1 Å².